The van der Waals surface area contributed by atoms with Gasteiger partial charge in [0.05, 0.1) is 5.69 Å². The highest BCUT2D eigenvalue weighted by atomic mass is 14.7. The van der Waals surface area contributed by atoms with Gasteiger partial charge >= 0.3 is 0 Å². The molecule has 0 bridgehead atoms. The Bertz CT molecular complexity index is 722. The van der Waals surface area contributed by atoms with Crippen molar-refractivity contribution < 1.29 is 0 Å². The fourth-order valence-electron chi connectivity index (χ4n) is 2.39. The Labute approximate surface area is 124 Å². The van der Waals surface area contributed by atoms with Gasteiger partial charge in [-0.1, -0.05) is 19.9 Å². The zero-order chi connectivity index (χ0) is 14.7. The highest BCUT2D eigenvalue weighted by Crippen LogP contribution is 2.31. The van der Waals surface area contributed by atoms with E-state index in [9.17, 15) is 0 Å². The van der Waals surface area contributed by atoms with Crippen LogP contribution in [0.2, 0.25) is 0 Å². The monoisotopic (exact) mass is 275 g/mol. The summed E-state index contributed by atoms with van der Waals surface area (Å²) in [7, 11) is 0. The van der Waals surface area contributed by atoms with E-state index in [1.807, 2.05) is 30.6 Å². The smallest absolute Gasteiger partial charge is 0.0706 e. The second kappa shape index (κ2) is 5.83. The van der Waals surface area contributed by atoms with Gasteiger partial charge in [-0.05, 0) is 35.7 Å². The first kappa shape index (κ1) is 13.4. The Morgan fingerprint density at radius 3 is 2.33 bits per heavy atom. The molecule has 0 aliphatic rings. The molecule has 104 valence electrons. The molecule has 3 heteroatoms. The first-order valence-corrected chi connectivity index (χ1v) is 7.06. The van der Waals surface area contributed by atoms with Crippen LogP contribution in [0.5, 0.6) is 0 Å². The lowest BCUT2D eigenvalue weighted by molar-refractivity contribution is 0.866. The average molecular weight is 275 g/mol. The second-order valence-electron chi connectivity index (χ2n) is 5.29. The van der Waals surface area contributed by atoms with E-state index in [0.29, 0.717) is 5.92 Å². The topological polar surface area (TPSA) is 38.7 Å². The molecule has 3 aromatic heterocycles. The van der Waals surface area contributed by atoms with Crippen molar-refractivity contribution in [2.24, 2.45) is 0 Å². The molecule has 3 nitrogen and oxygen atoms in total. The van der Waals surface area contributed by atoms with Gasteiger partial charge in [-0.3, -0.25) is 15.0 Å². The molecule has 0 aliphatic carbocycles. The summed E-state index contributed by atoms with van der Waals surface area (Å²) in [6.45, 7) is 4.40. The maximum atomic E-state index is 4.61. The SMILES string of the molecule is CC(C)c1cc(-c2ccncc2)ncc1-c1cccnc1. The summed E-state index contributed by atoms with van der Waals surface area (Å²) < 4.78 is 0. The van der Waals surface area contributed by atoms with Gasteiger partial charge in [-0.15, -0.1) is 0 Å². The molecule has 0 radical (unpaired) electrons. The predicted molar refractivity (Wildman–Crippen MR) is 84.8 cm³/mol. The zero-order valence-corrected chi connectivity index (χ0v) is 12.2. The third kappa shape index (κ3) is 2.82. The van der Waals surface area contributed by atoms with Gasteiger partial charge in [0.25, 0.3) is 0 Å². The zero-order valence-electron chi connectivity index (χ0n) is 12.2. The predicted octanol–water partition coefficient (Wildman–Crippen LogP) is 4.33. The average Bonchev–Trinajstić information content (AvgIpc) is 2.56. The number of nitrogens with zero attached hydrogens (tertiary/aromatic N) is 3. The summed E-state index contributed by atoms with van der Waals surface area (Å²) in [5.74, 6) is 0.420. The standard InChI is InChI=1S/C18H17N3/c1-13(2)16-10-18(14-5-8-19-9-6-14)21-12-17(16)15-4-3-7-20-11-15/h3-13H,1-2H3. The van der Waals surface area contributed by atoms with Gasteiger partial charge in [0.15, 0.2) is 0 Å². The fourth-order valence-corrected chi connectivity index (χ4v) is 2.39. The minimum absolute atomic E-state index is 0.420. The molecule has 0 spiro atoms. The van der Waals surface area contributed by atoms with Crippen LogP contribution in [0.15, 0.2) is 61.3 Å². The molecule has 0 fully saturated rings. The summed E-state index contributed by atoms with van der Waals surface area (Å²) in [5.41, 5.74) is 5.61. The molecular weight excluding hydrogens is 258 g/mol. The lowest BCUT2D eigenvalue weighted by atomic mass is 9.93. The van der Waals surface area contributed by atoms with Crippen molar-refractivity contribution in [3.05, 3.63) is 66.9 Å². The molecule has 0 amide bonds. The number of aromatic nitrogens is 3. The molecule has 0 saturated carbocycles. The number of pyridine rings is 3. The van der Waals surface area contributed by atoms with Crippen LogP contribution in [-0.4, -0.2) is 15.0 Å². The molecule has 0 aliphatic heterocycles. The van der Waals surface area contributed by atoms with E-state index in [-0.39, 0.29) is 0 Å². The Hall–Kier alpha value is -2.55. The molecule has 3 aromatic rings. The Balaban J connectivity index is 2.12. The van der Waals surface area contributed by atoms with Crippen LogP contribution in [0.4, 0.5) is 0 Å². The maximum Gasteiger partial charge on any atom is 0.0706 e. The van der Waals surface area contributed by atoms with Crippen molar-refractivity contribution >= 4 is 0 Å². The van der Waals surface area contributed by atoms with Crippen LogP contribution in [0.1, 0.15) is 25.3 Å². The van der Waals surface area contributed by atoms with E-state index in [1.54, 1.807) is 18.6 Å². The fraction of sp³-hybridized carbons (Fsp3) is 0.167. The first-order chi connectivity index (χ1) is 10.3. The number of hydrogen-bond acceptors (Lipinski definition) is 3. The third-order valence-electron chi connectivity index (χ3n) is 3.51. The summed E-state index contributed by atoms with van der Waals surface area (Å²) in [5, 5.41) is 0. The summed E-state index contributed by atoms with van der Waals surface area (Å²) in [6, 6.07) is 10.2. The van der Waals surface area contributed by atoms with Crippen molar-refractivity contribution in [1.29, 1.82) is 0 Å². The van der Waals surface area contributed by atoms with E-state index >= 15 is 0 Å². The molecule has 0 atom stereocenters. The third-order valence-corrected chi connectivity index (χ3v) is 3.51. The van der Waals surface area contributed by atoms with E-state index in [1.165, 1.54) is 5.56 Å². The highest BCUT2D eigenvalue weighted by molar-refractivity contribution is 5.70. The normalized spacial score (nSPS) is 10.8. The van der Waals surface area contributed by atoms with Gasteiger partial charge in [-0.2, -0.15) is 0 Å². The van der Waals surface area contributed by atoms with Gasteiger partial charge in [-0.25, -0.2) is 0 Å². The van der Waals surface area contributed by atoms with Crippen molar-refractivity contribution in [3.8, 4) is 22.4 Å². The molecule has 3 rings (SSSR count). The van der Waals surface area contributed by atoms with E-state index < -0.39 is 0 Å². The molecule has 3 heterocycles. The molecule has 21 heavy (non-hydrogen) atoms. The summed E-state index contributed by atoms with van der Waals surface area (Å²) >= 11 is 0. The minimum atomic E-state index is 0.420. The first-order valence-electron chi connectivity index (χ1n) is 7.06. The van der Waals surface area contributed by atoms with Gasteiger partial charge in [0.1, 0.15) is 0 Å². The van der Waals surface area contributed by atoms with E-state index in [0.717, 1.165) is 22.4 Å². The van der Waals surface area contributed by atoms with Crippen molar-refractivity contribution in [2.45, 2.75) is 19.8 Å². The van der Waals surface area contributed by atoms with E-state index in [4.69, 9.17) is 0 Å². The Kier molecular flexibility index (Phi) is 3.73. The second-order valence-corrected chi connectivity index (χ2v) is 5.29. The van der Waals surface area contributed by atoms with Crippen LogP contribution in [0, 0.1) is 0 Å². The van der Waals surface area contributed by atoms with Gasteiger partial charge in [0.2, 0.25) is 0 Å². The summed E-state index contributed by atoms with van der Waals surface area (Å²) in [4.78, 5) is 12.9. The van der Waals surface area contributed by atoms with Crippen LogP contribution in [0.3, 0.4) is 0 Å². The van der Waals surface area contributed by atoms with Gasteiger partial charge < -0.3 is 0 Å². The van der Waals surface area contributed by atoms with Gasteiger partial charge in [0, 0.05) is 47.7 Å². The number of rotatable bonds is 3. The number of hydrogen-bond donors (Lipinski definition) is 0. The van der Waals surface area contributed by atoms with E-state index in [2.05, 4.69) is 40.9 Å². The summed E-state index contributed by atoms with van der Waals surface area (Å²) in [6.07, 6.45) is 9.20. The van der Waals surface area contributed by atoms with Crippen LogP contribution < -0.4 is 0 Å². The van der Waals surface area contributed by atoms with Crippen LogP contribution >= 0.6 is 0 Å². The minimum Gasteiger partial charge on any atom is -0.265 e. The molecule has 0 saturated heterocycles. The van der Waals surface area contributed by atoms with Crippen molar-refractivity contribution in [2.75, 3.05) is 0 Å². The molecular formula is C18H17N3. The quantitative estimate of drug-likeness (QED) is 0.714. The Morgan fingerprint density at radius 2 is 1.67 bits per heavy atom. The lowest BCUT2D eigenvalue weighted by Crippen LogP contribution is -1.96. The maximum absolute atomic E-state index is 4.61. The van der Waals surface area contributed by atoms with Crippen LogP contribution in [0.25, 0.3) is 22.4 Å². The molecule has 0 unspecified atom stereocenters. The largest absolute Gasteiger partial charge is 0.265 e. The van der Waals surface area contributed by atoms with Crippen molar-refractivity contribution in [3.63, 3.8) is 0 Å². The molecule has 0 aromatic carbocycles. The highest BCUT2D eigenvalue weighted by Gasteiger charge is 2.11. The Morgan fingerprint density at radius 1 is 0.857 bits per heavy atom. The molecule has 0 N–H and O–H groups in total. The van der Waals surface area contributed by atoms with Crippen molar-refractivity contribution in [1.82, 2.24) is 15.0 Å². The lowest BCUT2D eigenvalue weighted by Gasteiger charge is -2.14. The van der Waals surface area contributed by atoms with Crippen LogP contribution in [-0.2, 0) is 0 Å².